The fraction of sp³-hybridized carbons (Fsp3) is 0. The summed E-state index contributed by atoms with van der Waals surface area (Å²) in [5, 5.41) is 0.479. The molecule has 0 fully saturated rings. The van der Waals surface area contributed by atoms with Gasteiger partial charge in [0.25, 0.3) is 5.24 Å². The first-order valence-corrected chi connectivity index (χ1v) is 7.55. The highest BCUT2D eigenvalue weighted by Crippen LogP contribution is 2.42. The van der Waals surface area contributed by atoms with Gasteiger partial charge in [0.05, 0.1) is 5.69 Å². The fourth-order valence-electron chi connectivity index (χ4n) is 1.85. The van der Waals surface area contributed by atoms with Crippen LogP contribution in [-0.4, -0.2) is 10.4 Å². The Labute approximate surface area is 134 Å². The van der Waals surface area contributed by atoms with Crippen molar-refractivity contribution in [1.82, 2.24) is 0 Å². The molecule has 20 heavy (non-hydrogen) atoms. The second-order valence-corrected chi connectivity index (χ2v) is 6.32. The molecule has 1 heterocycles. The molecule has 0 spiro atoms. The minimum Gasteiger partial charge on any atom is -0.276 e. The summed E-state index contributed by atoms with van der Waals surface area (Å²) in [5.41, 5.74) is 1.83. The SMILES string of the molecule is O=C(Cl)c1ccc2c(c1)N=C(Cl)c1ccc(Cl)cc1S2. The third kappa shape index (κ3) is 2.59. The summed E-state index contributed by atoms with van der Waals surface area (Å²) in [6.45, 7) is 0. The Morgan fingerprint density at radius 3 is 2.60 bits per heavy atom. The van der Waals surface area contributed by atoms with E-state index in [4.69, 9.17) is 34.8 Å². The topological polar surface area (TPSA) is 29.4 Å². The van der Waals surface area contributed by atoms with Gasteiger partial charge in [0, 0.05) is 25.9 Å². The van der Waals surface area contributed by atoms with E-state index in [2.05, 4.69) is 4.99 Å². The van der Waals surface area contributed by atoms with Gasteiger partial charge in [-0.3, -0.25) is 4.79 Å². The van der Waals surface area contributed by atoms with E-state index in [0.717, 1.165) is 15.4 Å². The van der Waals surface area contributed by atoms with Crippen LogP contribution in [0.15, 0.2) is 51.2 Å². The first kappa shape index (κ1) is 14.0. The number of hydrogen-bond donors (Lipinski definition) is 0. The van der Waals surface area contributed by atoms with Gasteiger partial charge in [0.15, 0.2) is 0 Å². The lowest BCUT2D eigenvalue weighted by molar-refractivity contribution is 0.108. The molecule has 2 aromatic rings. The van der Waals surface area contributed by atoms with Gasteiger partial charge in [0.2, 0.25) is 0 Å². The Balaban J connectivity index is 2.18. The quantitative estimate of drug-likeness (QED) is 0.640. The zero-order chi connectivity index (χ0) is 14.3. The van der Waals surface area contributed by atoms with Crippen LogP contribution in [0.4, 0.5) is 5.69 Å². The normalized spacial score (nSPS) is 13.1. The number of aliphatic imine (C=N–C) groups is 1. The molecule has 0 amide bonds. The standard InChI is InChI=1S/C14H6Cl3NOS/c15-8-2-3-9-12(6-8)20-11-4-1-7(14(17)19)5-10(11)18-13(9)16/h1-6H. The van der Waals surface area contributed by atoms with Gasteiger partial charge < -0.3 is 0 Å². The molecule has 2 nitrogen and oxygen atoms in total. The third-order valence-corrected chi connectivity index (χ3v) is 4.65. The molecular formula is C14H6Cl3NOS. The Kier molecular flexibility index (Phi) is 3.78. The van der Waals surface area contributed by atoms with Gasteiger partial charge in [-0.1, -0.05) is 35.0 Å². The van der Waals surface area contributed by atoms with Crippen LogP contribution in [0, 0.1) is 0 Å². The second kappa shape index (κ2) is 5.41. The summed E-state index contributed by atoms with van der Waals surface area (Å²) < 4.78 is 0. The number of benzene rings is 2. The molecule has 0 bridgehead atoms. The molecule has 0 radical (unpaired) electrons. The monoisotopic (exact) mass is 341 g/mol. The smallest absolute Gasteiger partial charge is 0.252 e. The van der Waals surface area contributed by atoms with E-state index in [1.54, 1.807) is 24.3 Å². The zero-order valence-electron chi connectivity index (χ0n) is 9.86. The number of carbonyl (C=O) groups excluding carboxylic acids is 1. The average Bonchev–Trinajstić information content (AvgIpc) is 2.53. The van der Waals surface area contributed by atoms with Crippen molar-refractivity contribution < 1.29 is 4.79 Å². The largest absolute Gasteiger partial charge is 0.276 e. The first-order chi connectivity index (χ1) is 9.54. The van der Waals surface area contributed by atoms with Gasteiger partial charge in [-0.2, -0.15) is 0 Å². The Morgan fingerprint density at radius 2 is 1.85 bits per heavy atom. The summed E-state index contributed by atoms with van der Waals surface area (Å²) in [6, 6.07) is 10.5. The number of halogens is 3. The predicted molar refractivity (Wildman–Crippen MR) is 84.3 cm³/mol. The van der Waals surface area contributed by atoms with Crippen LogP contribution in [0.25, 0.3) is 0 Å². The maximum atomic E-state index is 11.2. The van der Waals surface area contributed by atoms with Crippen molar-refractivity contribution in [3.8, 4) is 0 Å². The lowest BCUT2D eigenvalue weighted by Crippen LogP contribution is -1.91. The molecule has 0 aromatic heterocycles. The van der Waals surface area contributed by atoms with Crippen molar-refractivity contribution in [2.45, 2.75) is 9.79 Å². The lowest BCUT2D eigenvalue weighted by Gasteiger charge is -2.05. The molecule has 0 aliphatic carbocycles. The zero-order valence-corrected chi connectivity index (χ0v) is 12.9. The predicted octanol–water partition coefficient (Wildman–Crippen LogP) is 5.50. The van der Waals surface area contributed by atoms with Crippen molar-refractivity contribution in [2.75, 3.05) is 0 Å². The maximum absolute atomic E-state index is 11.2. The molecule has 2 aromatic carbocycles. The molecule has 0 saturated carbocycles. The molecule has 6 heteroatoms. The van der Waals surface area contributed by atoms with Crippen LogP contribution in [0.2, 0.25) is 5.02 Å². The summed E-state index contributed by atoms with van der Waals surface area (Å²) in [4.78, 5) is 17.4. The van der Waals surface area contributed by atoms with Crippen LogP contribution in [0.1, 0.15) is 15.9 Å². The first-order valence-electron chi connectivity index (χ1n) is 5.60. The van der Waals surface area contributed by atoms with Crippen molar-refractivity contribution in [1.29, 1.82) is 0 Å². The maximum Gasteiger partial charge on any atom is 0.252 e. The van der Waals surface area contributed by atoms with Gasteiger partial charge in [-0.15, -0.1) is 0 Å². The van der Waals surface area contributed by atoms with E-state index in [1.165, 1.54) is 11.8 Å². The molecule has 1 aliphatic rings. The summed E-state index contributed by atoms with van der Waals surface area (Å²) in [6.07, 6.45) is 0. The Hall–Kier alpha value is -1.000. The van der Waals surface area contributed by atoms with Crippen LogP contribution >= 0.6 is 46.6 Å². The highest BCUT2D eigenvalue weighted by atomic mass is 35.5. The van der Waals surface area contributed by atoms with Crippen LogP contribution in [0.5, 0.6) is 0 Å². The van der Waals surface area contributed by atoms with Crippen molar-refractivity contribution in [3.05, 3.63) is 52.5 Å². The minimum absolute atomic E-state index is 0.363. The fourth-order valence-corrected chi connectivity index (χ4v) is 3.56. The molecule has 3 rings (SSSR count). The molecule has 1 aliphatic heterocycles. The number of hydrogen-bond acceptors (Lipinski definition) is 3. The van der Waals surface area contributed by atoms with E-state index < -0.39 is 5.24 Å². The number of fused-ring (bicyclic) bond motifs is 2. The van der Waals surface area contributed by atoms with E-state index >= 15 is 0 Å². The molecule has 100 valence electrons. The van der Waals surface area contributed by atoms with Crippen molar-refractivity contribution in [3.63, 3.8) is 0 Å². The second-order valence-electron chi connectivity index (χ2n) is 4.10. The number of nitrogens with zero attached hydrogens (tertiary/aromatic N) is 1. The molecule has 0 atom stereocenters. The van der Waals surface area contributed by atoms with Crippen LogP contribution in [0.3, 0.4) is 0 Å². The number of rotatable bonds is 1. The van der Waals surface area contributed by atoms with E-state index in [1.807, 2.05) is 12.1 Å². The van der Waals surface area contributed by atoms with Crippen LogP contribution in [-0.2, 0) is 0 Å². The molecular weight excluding hydrogens is 337 g/mol. The third-order valence-electron chi connectivity index (χ3n) is 2.79. The highest BCUT2D eigenvalue weighted by molar-refractivity contribution is 7.99. The highest BCUT2D eigenvalue weighted by Gasteiger charge is 2.17. The lowest BCUT2D eigenvalue weighted by atomic mass is 10.2. The van der Waals surface area contributed by atoms with Gasteiger partial charge in [-0.25, -0.2) is 4.99 Å². The van der Waals surface area contributed by atoms with Gasteiger partial charge in [0.1, 0.15) is 5.17 Å². The molecule has 0 unspecified atom stereocenters. The minimum atomic E-state index is -0.520. The van der Waals surface area contributed by atoms with E-state index in [-0.39, 0.29) is 0 Å². The van der Waals surface area contributed by atoms with Gasteiger partial charge in [-0.05, 0) is 48.0 Å². The van der Waals surface area contributed by atoms with E-state index in [0.29, 0.717) is 21.4 Å². The number of carbonyl (C=O) groups is 1. The summed E-state index contributed by atoms with van der Waals surface area (Å²) in [7, 11) is 0. The van der Waals surface area contributed by atoms with E-state index in [9.17, 15) is 4.79 Å². The summed E-state index contributed by atoms with van der Waals surface area (Å²) >= 11 is 19.2. The van der Waals surface area contributed by atoms with Crippen LogP contribution < -0.4 is 0 Å². The Bertz CT molecular complexity index is 758. The van der Waals surface area contributed by atoms with Crippen molar-refractivity contribution >= 4 is 62.7 Å². The van der Waals surface area contributed by atoms with Gasteiger partial charge >= 0.3 is 0 Å². The van der Waals surface area contributed by atoms with Crippen molar-refractivity contribution in [2.24, 2.45) is 4.99 Å². The Morgan fingerprint density at radius 1 is 1.05 bits per heavy atom. The average molecular weight is 343 g/mol. The molecule has 0 N–H and O–H groups in total. The summed E-state index contributed by atoms with van der Waals surface area (Å²) in [5.74, 6) is 0. The molecule has 0 saturated heterocycles.